The Kier molecular flexibility index (Phi) is 7.19. The zero-order valence-electron chi connectivity index (χ0n) is 12.9. The first-order chi connectivity index (χ1) is 10.7. The van der Waals surface area contributed by atoms with Gasteiger partial charge in [-0.25, -0.2) is 0 Å². The molecule has 3 N–H and O–H groups in total. The fourth-order valence-electron chi connectivity index (χ4n) is 2.94. The van der Waals surface area contributed by atoms with Gasteiger partial charge >= 0.3 is 0 Å². The van der Waals surface area contributed by atoms with Gasteiger partial charge in [0.1, 0.15) is 5.75 Å². The predicted octanol–water partition coefficient (Wildman–Crippen LogP) is 3.24. The summed E-state index contributed by atoms with van der Waals surface area (Å²) in [5.74, 6) is 1.37. The quantitative estimate of drug-likeness (QED) is 0.726. The fraction of sp³-hybridized carbons (Fsp3) is 0.588. The average Bonchev–Trinajstić information content (AvgIpc) is 2.53. The molecule has 0 radical (unpaired) electrons. The van der Waals surface area contributed by atoms with E-state index in [0.29, 0.717) is 31.9 Å². The van der Waals surface area contributed by atoms with Gasteiger partial charge < -0.3 is 15.8 Å². The SMILES string of the molecule is NCC1CCCCC1NC(=O)CCCOc1ccccc1Br. The Hall–Kier alpha value is -1.07. The van der Waals surface area contributed by atoms with E-state index in [4.69, 9.17) is 10.5 Å². The van der Waals surface area contributed by atoms with Crippen LogP contribution in [0, 0.1) is 5.92 Å². The van der Waals surface area contributed by atoms with Gasteiger partial charge in [-0.3, -0.25) is 4.79 Å². The van der Waals surface area contributed by atoms with E-state index < -0.39 is 0 Å². The number of rotatable bonds is 7. The van der Waals surface area contributed by atoms with E-state index in [1.807, 2.05) is 24.3 Å². The highest BCUT2D eigenvalue weighted by Gasteiger charge is 2.24. The summed E-state index contributed by atoms with van der Waals surface area (Å²) in [5, 5.41) is 3.15. The second-order valence-electron chi connectivity index (χ2n) is 5.84. The first-order valence-corrected chi connectivity index (χ1v) is 8.86. The fourth-order valence-corrected chi connectivity index (χ4v) is 3.33. The number of ether oxygens (including phenoxy) is 1. The van der Waals surface area contributed by atoms with Crippen molar-refractivity contribution in [3.05, 3.63) is 28.7 Å². The third-order valence-electron chi connectivity index (χ3n) is 4.20. The normalized spacial score (nSPS) is 21.4. The standard InChI is InChI=1S/C17H25BrN2O2/c18-14-7-2-4-9-16(14)22-11-5-10-17(21)20-15-8-3-1-6-13(15)12-19/h2,4,7,9,13,15H,1,3,5-6,8,10-12,19H2,(H,20,21). The van der Waals surface area contributed by atoms with E-state index in [1.165, 1.54) is 12.8 Å². The van der Waals surface area contributed by atoms with Crippen molar-refractivity contribution in [3.8, 4) is 5.75 Å². The van der Waals surface area contributed by atoms with Gasteiger partial charge in [0.25, 0.3) is 0 Å². The highest BCUT2D eigenvalue weighted by molar-refractivity contribution is 9.10. The minimum absolute atomic E-state index is 0.112. The van der Waals surface area contributed by atoms with Gasteiger partial charge in [-0.15, -0.1) is 0 Å². The molecule has 1 amide bonds. The molecule has 5 heteroatoms. The van der Waals surface area contributed by atoms with Gasteiger partial charge in [-0.1, -0.05) is 25.0 Å². The molecule has 1 aliphatic carbocycles. The number of amides is 1. The molecule has 1 aliphatic rings. The van der Waals surface area contributed by atoms with Crippen LogP contribution in [0.1, 0.15) is 38.5 Å². The molecular weight excluding hydrogens is 344 g/mol. The number of benzene rings is 1. The Morgan fingerprint density at radius 2 is 2.09 bits per heavy atom. The van der Waals surface area contributed by atoms with Gasteiger partial charge in [0, 0.05) is 12.5 Å². The third kappa shape index (κ3) is 5.29. The highest BCUT2D eigenvalue weighted by atomic mass is 79.9. The maximum atomic E-state index is 12.0. The van der Waals surface area contributed by atoms with Gasteiger partial charge in [-0.2, -0.15) is 0 Å². The second-order valence-corrected chi connectivity index (χ2v) is 6.69. The van der Waals surface area contributed by atoms with E-state index in [1.54, 1.807) is 0 Å². The summed E-state index contributed by atoms with van der Waals surface area (Å²) in [6.07, 6.45) is 5.82. The van der Waals surface area contributed by atoms with Crippen LogP contribution in [0.25, 0.3) is 0 Å². The van der Waals surface area contributed by atoms with E-state index in [2.05, 4.69) is 21.2 Å². The van der Waals surface area contributed by atoms with Crippen LogP contribution in [-0.2, 0) is 4.79 Å². The van der Waals surface area contributed by atoms with Crippen molar-refractivity contribution < 1.29 is 9.53 Å². The summed E-state index contributed by atoms with van der Waals surface area (Å²) in [6.45, 7) is 1.21. The van der Waals surface area contributed by atoms with E-state index >= 15 is 0 Å². The number of para-hydroxylation sites is 1. The minimum atomic E-state index is 0.112. The van der Waals surface area contributed by atoms with Gasteiger partial charge in [0.15, 0.2) is 0 Å². The molecule has 0 heterocycles. The summed E-state index contributed by atoms with van der Waals surface area (Å²) < 4.78 is 6.61. The van der Waals surface area contributed by atoms with Crippen LogP contribution >= 0.6 is 15.9 Å². The van der Waals surface area contributed by atoms with Gasteiger partial charge in [-0.05, 0) is 59.8 Å². The molecule has 2 atom stereocenters. The monoisotopic (exact) mass is 368 g/mol. The summed E-state index contributed by atoms with van der Waals surface area (Å²) in [6, 6.07) is 8.00. The number of carbonyl (C=O) groups is 1. The molecule has 1 aromatic rings. The number of hydrogen-bond acceptors (Lipinski definition) is 3. The van der Waals surface area contributed by atoms with Gasteiger partial charge in [0.05, 0.1) is 11.1 Å². The highest BCUT2D eigenvalue weighted by Crippen LogP contribution is 2.24. The first kappa shape index (κ1) is 17.3. The van der Waals surface area contributed by atoms with Crippen molar-refractivity contribution >= 4 is 21.8 Å². The summed E-state index contributed by atoms with van der Waals surface area (Å²) in [4.78, 5) is 12.0. The Balaban J connectivity index is 1.66. The topological polar surface area (TPSA) is 64.3 Å². The summed E-state index contributed by atoms with van der Waals surface area (Å²) in [7, 11) is 0. The van der Waals surface area contributed by atoms with Gasteiger partial charge in [0.2, 0.25) is 5.91 Å². The largest absolute Gasteiger partial charge is 0.492 e. The Bertz CT molecular complexity index is 481. The van der Waals surface area contributed by atoms with Crippen molar-refractivity contribution in [2.45, 2.75) is 44.6 Å². The third-order valence-corrected chi connectivity index (χ3v) is 4.86. The second kappa shape index (κ2) is 9.16. The molecule has 0 saturated heterocycles. The van der Waals surface area contributed by atoms with Crippen LogP contribution in [0.2, 0.25) is 0 Å². The lowest BCUT2D eigenvalue weighted by molar-refractivity contribution is -0.122. The molecule has 22 heavy (non-hydrogen) atoms. The van der Waals surface area contributed by atoms with E-state index in [9.17, 15) is 4.79 Å². The van der Waals surface area contributed by atoms with Crippen molar-refractivity contribution in [2.75, 3.05) is 13.2 Å². The van der Waals surface area contributed by atoms with Crippen LogP contribution in [0.3, 0.4) is 0 Å². The lowest BCUT2D eigenvalue weighted by Gasteiger charge is -2.31. The minimum Gasteiger partial charge on any atom is -0.492 e. The van der Waals surface area contributed by atoms with Crippen molar-refractivity contribution in [1.82, 2.24) is 5.32 Å². The molecule has 0 aliphatic heterocycles. The molecule has 122 valence electrons. The predicted molar refractivity (Wildman–Crippen MR) is 91.8 cm³/mol. The lowest BCUT2D eigenvalue weighted by Crippen LogP contribution is -2.44. The number of hydrogen-bond donors (Lipinski definition) is 2. The van der Waals surface area contributed by atoms with Crippen molar-refractivity contribution in [3.63, 3.8) is 0 Å². The van der Waals surface area contributed by atoms with Crippen LogP contribution in [0.15, 0.2) is 28.7 Å². The van der Waals surface area contributed by atoms with Crippen LogP contribution in [0.4, 0.5) is 0 Å². The molecule has 2 rings (SSSR count). The Morgan fingerprint density at radius 3 is 2.86 bits per heavy atom. The number of nitrogens with one attached hydrogen (secondary N) is 1. The molecule has 0 spiro atoms. The van der Waals surface area contributed by atoms with E-state index in [0.717, 1.165) is 23.1 Å². The zero-order valence-corrected chi connectivity index (χ0v) is 14.5. The average molecular weight is 369 g/mol. The molecule has 0 bridgehead atoms. The number of halogens is 1. The molecule has 1 aromatic carbocycles. The molecule has 0 aromatic heterocycles. The van der Waals surface area contributed by atoms with Crippen LogP contribution in [0.5, 0.6) is 5.75 Å². The maximum absolute atomic E-state index is 12.0. The smallest absolute Gasteiger partial charge is 0.220 e. The summed E-state index contributed by atoms with van der Waals surface area (Å²) >= 11 is 3.44. The van der Waals surface area contributed by atoms with Crippen LogP contribution < -0.4 is 15.8 Å². The zero-order chi connectivity index (χ0) is 15.8. The van der Waals surface area contributed by atoms with Crippen LogP contribution in [-0.4, -0.2) is 25.1 Å². The molecule has 4 nitrogen and oxygen atoms in total. The molecule has 2 unspecified atom stereocenters. The molecule has 1 saturated carbocycles. The lowest BCUT2D eigenvalue weighted by atomic mass is 9.84. The summed E-state index contributed by atoms with van der Waals surface area (Å²) in [5.41, 5.74) is 5.79. The van der Waals surface area contributed by atoms with E-state index in [-0.39, 0.29) is 11.9 Å². The first-order valence-electron chi connectivity index (χ1n) is 8.07. The maximum Gasteiger partial charge on any atom is 0.220 e. The Morgan fingerprint density at radius 1 is 1.32 bits per heavy atom. The molecule has 1 fully saturated rings. The number of nitrogens with two attached hydrogens (primary N) is 1. The molecular formula is C17H25BrN2O2. The van der Waals surface area contributed by atoms with Crippen molar-refractivity contribution in [2.24, 2.45) is 11.7 Å². The Labute approximate surface area is 140 Å². The number of carbonyl (C=O) groups excluding carboxylic acids is 1. The van der Waals surface area contributed by atoms with Crippen molar-refractivity contribution in [1.29, 1.82) is 0 Å².